The Hall–Kier alpha value is -2.46. The molecule has 0 saturated carbocycles. The number of nitrogens with zero attached hydrogens (tertiary/aromatic N) is 2. The van der Waals surface area contributed by atoms with Crippen LogP contribution in [0, 0.1) is 0 Å². The molecule has 0 saturated heterocycles. The fourth-order valence-electron chi connectivity index (χ4n) is 2.47. The number of hydrogen-bond acceptors (Lipinski definition) is 4. The molecule has 0 aliphatic heterocycles. The van der Waals surface area contributed by atoms with E-state index in [1.807, 2.05) is 36.5 Å². The predicted octanol–water partition coefficient (Wildman–Crippen LogP) is 2.88. The van der Waals surface area contributed by atoms with Gasteiger partial charge in [-0.2, -0.15) is 0 Å². The Morgan fingerprint density at radius 3 is 2.76 bits per heavy atom. The van der Waals surface area contributed by atoms with Crippen molar-refractivity contribution in [2.75, 3.05) is 7.11 Å². The Bertz CT molecular complexity index is 735. The summed E-state index contributed by atoms with van der Waals surface area (Å²) < 4.78 is 5.07. The minimum Gasteiger partial charge on any atom is -0.481 e. The van der Waals surface area contributed by atoms with Gasteiger partial charge in [-0.3, -0.25) is 4.98 Å². The Morgan fingerprint density at radius 1 is 1.10 bits per heavy atom. The van der Waals surface area contributed by atoms with E-state index in [1.54, 1.807) is 13.3 Å². The molecule has 0 fully saturated rings. The lowest BCUT2D eigenvalue weighted by Gasteiger charge is -2.14. The third-order valence-corrected chi connectivity index (χ3v) is 3.54. The summed E-state index contributed by atoms with van der Waals surface area (Å²) in [6.45, 7) is 0. The van der Waals surface area contributed by atoms with Gasteiger partial charge in [-0.25, -0.2) is 4.98 Å². The van der Waals surface area contributed by atoms with E-state index in [4.69, 9.17) is 10.5 Å². The molecule has 0 radical (unpaired) electrons. The fourth-order valence-corrected chi connectivity index (χ4v) is 2.47. The van der Waals surface area contributed by atoms with Crippen molar-refractivity contribution in [1.82, 2.24) is 9.97 Å². The zero-order chi connectivity index (χ0) is 14.7. The van der Waals surface area contributed by atoms with Crippen molar-refractivity contribution in [3.63, 3.8) is 0 Å². The van der Waals surface area contributed by atoms with E-state index >= 15 is 0 Å². The predicted molar refractivity (Wildman–Crippen MR) is 83.2 cm³/mol. The molecular weight excluding hydrogens is 262 g/mol. The van der Waals surface area contributed by atoms with Crippen molar-refractivity contribution in [3.8, 4) is 5.88 Å². The first-order valence-electron chi connectivity index (χ1n) is 6.86. The smallest absolute Gasteiger partial charge is 0.212 e. The van der Waals surface area contributed by atoms with Crippen LogP contribution >= 0.6 is 0 Å². The molecule has 0 amide bonds. The van der Waals surface area contributed by atoms with E-state index in [-0.39, 0.29) is 6.04 Å². The highest BCUT2D eigenvalue weighted by Crippen LogP contribution is 2.24. The second kappa shape index (κ2) is 5.89. The monoisotopic (exact) mass is 279 g/mol. The normalized spacial score (nSPS) is 12.3. The van der Waals surface area contributed by atoms with Gasteiger partial charge in [0.15, 0.2) is 0 Å². The summed E-state index contributed by atoms with van der Waals surface area (Å²) in [4.78, 5) is 8.59. The first-order chi connectivity index (χ1) is 10.3. The van der Waals surface area contributed by atoms with Crippen LogP contribution in [-0.4, -0.2) is 17.1 Å². The van der Waals surface area contributed by atoms with E-state index in [0.717, 1.165) is 28.5 Å². The molecule has 4 heteroatoms. The number of pyridine rings is 2. The minimum atomic E-state index is -0.0897. The van der Waals surface area contributed by atoms with Gasteiger partial charge < -0.3 is 10.5 Å². The van der Waals surface area contributed by atoms with E-state index < -0.39 is 0 Å². The maximum Gasteiger partial charge on any atom is 0.212 e. The maximum atomic E-state index is 6.38. The molecular formula is C17H17N3O. The number of benzene rings is 1. The molecule has 2 aromatic heterocycles. The van der Waals surface area contributed by atoms with Crippen LogP contribution in [0.15, 0.2) is 54.9 Å². The van der Waals surface area contributed by atoms with Gasteiger partial charge >= 0.3 is 0 Å². The van der Waals surface area contributed by atoms with Crippen LogP contribution in [0.5, 0.6) is 5.88 Å². The molecule has 21 heavy (non-hydrogen) atoms. The van der Waals surface area contributed by atoms with Crippen molar-refractivity contribution in [2.45, 2.75) is 12.5 Å². The molecule has 106 valence electrons. The van der Waals surface area contributed by atoms with Gasteiger partial charge in [0.1, 0.15) is 0 Å². The van der Waals surface area contributed by atoms with Crippen LogP contribution < -0.4 is 10.5 Å². The molecule has 2 N–H and O–H groups in total. The zero-order valence-electron chi connectivity index (χ0n) is 11.9. The van der Waals surface area contributed by atoms with Gasteiger partial charge in [0.2, 0.25) is 5.88 Å². The van der Waals surface area contributed by atoms with Crippen LogP contribution in [0.2, 0.25) is 0 Å². The van der Waals surface area contributed by atoms with Crippen molar-refractivity contribution in [3.05, 3.63) is 66.0 Å². The van der Waals surface area contributed by atoms with Gasteiger partial charge in [0, 0.05) is 29.9 Å². The summed E-state index contributed by atoms with van der Waals surface area (Å²) in [7, 11) is 1.61. The molecule has 0 bridgehead atoms. The number of hydrogen-bond donors (Lipinski definition) is 1. The molecule has 4 nitrogen and oxygen atoms in total. The number of methoxy groups -OCH3 is 1. The largest absolute Gasteiger partial charge is 0.481 e. The topological polar surface area (TPSA) is 61.0 Å². The Kier molecular flexibility index (Phi) is 3.79. The van der Waals surface area contributed by atoms with Crippen molar-refractivity contribution < 1.29 is 4.74 Å². The van der Waals surface area contributed by atoms with Crippen molar-refractivity contribution in [2.24, 2.45) is 5.73 Å². The third kappa shape index (κ3) is 2.85. The van der Waals surface area contributed by atoms with Gasteiger partial charge in [-0.05, 0) is 29.7 Å². The van der Waals surface area contributed by atoms with Crippen LogP contribution in [-0.2, 0) is 6.42 Å². The summed E-state index contributed by atoms with van der Waals surface area (Å²) in [6, 6.07) is 13.8. The number of fused-ring (bicyclic) bond motifs is 1. The number of ether oxygens (including phenoxy) is 1. The average molecular weight is 279 g/mol. The second-order valence-corrected chi connectivity index (χ2v) is 4.94. The molecule has 1 aromatic carbocycles. The fraction of sp³-hybridized carbons (Fsp3) is 0.176. The molecule has 1 atom stereocenters. The van der Waals surface area contributed by atoms with E-state index in [9.17, 15) is 0 Å². The number of rotatable bonds is 4. The lowest BCUT2D eigenvalue weighted by atomic mass is 9.97. The summed E-state index contributed by atoms with van der Waals surface area (Å²) in [6.07, 6.45) is 4.33. The molecule has 3 rings (SSSR count). The lowest BCUT2D eigenvalue weighted by molar-refractivity contribution is 0.397. The molecule has 3 aromatic rings. The first kappa shape index (κ1) is 13.5. The van der Waals surface area contributed by atoms with Crippen LogP contribution in [0.25, 0.3) is 10.9 Å². The molecule has 0 aliphatic carbocycles. The lowest BCUT2D eigenvalue weighted by Crippen LogP contribution is -2.14. The SMILES string of the molecule is COc1ccc(CC(N)c2cccc3ncccc23)cn1. The molecule has 0 spiro atoms. The average Bonchev–Trinajstić information content (AvgIpc) is 2.55. The van der Waals surface area contributed by atoms with Gasteiger partial charge in [0.25, 0.3) is 0 Å². The summed E-state index contributed by atoms with van der Waals surface area (Å²) in [5, 5.41) is 1.11. The van der Waals surface area contributed by atoms with E-state index in [2.05, 4.69) is 22.1 Å². The van der Waals surface area contributed by atoms with Crippen LogP contribution in [0.1, 0.15) is 17.2 Å². The zero-order valence-corrected chi connectivity index (χ0v) is 11.9. The van der Waals surface area contributed by atoms with Crippen molar-refractivity contribution in [1.29, 1.82) is 0 Å². The Morgan fingerprint density at radius 2 is 2.00 bits per heavy atom. The van der Waals surface area contributed by atoms with E-state index in [0.29, 0.717) is 5.88 Å². The molecule has 1 unspecified atom stereocenters. The minimum absolute atomic E-state index is 0.0897. The highest BCUT2D eigenvalue weighted by atomic mass is 16.5. The molecule has 2 heterocycles. The quantitative estimate of drug-likeness (QED) is 0.797. The standard InChI is InChI=1S/C17H17N3O/c1-21-17-8-7-12(11-20-17)10-15(18)13-4-2-6-16-14(13)5-3-9-19-16/h2-9,11,15H,10,18H2,1H3. The molecule has 0 aliphatic rings. The summed E-state index contributed by atoms with van der Waals surface area (Å²) in [5.74, 6) is 0.613. The highest BCUT2D eigenvalue weighted by molar-refractivity contribution is 5.82. The summed E-state index contributed by atoms with van der Waals surface area (Å²) >= 11 is 0. The van der Waals surface area contributed by atoms with Crippen LogP contribution in [0.4, 0.5) is 0 Å². The second-order valence-electron chi connectivity index (χ2n) is 4.94. The Balaban J connectivity index is 1.88. The maximum absolute atomic E-state index is 6.38. The van der Waals surface area contributed by atoms with Crippen molar-refractivity contribution >= 4 is 10.9 Å². The van der Waals surface area contributed by atoms with Crippen LogP contribution in [0.3, 0.4) is 0 Å². The highest BCUT2D eigenvalue weighted by Gasteiger charge is 2.11. The number of aromatic nitrogens is 2. The van der Waals surface area contributed by atoms with Gasteiger partial charge in [-0.1, -0.05) is 24.3 Å². The first-order valence-corrected chi connectivity index (χ1v) is 6.86. The third-order valence-electron chi connectivity index (χ3n) is 3.54. The Labute approximate surface area is 123 Å². The van der Waals surface area contributed by atoms with E-state index in [1.165, 1.54) is 0 Å². The van der Waals surface area contributed by atoms with Gasteiger partial charge in [-0.15, -0.1) is 0 Å². The number of nitrogens with two attached hydrogens (primary N) is 1. The summed E-state index contributed by atoms with van der Waals surface area (Å²) in [5.41, 5.74) is 9.54. The van der Waals surface area contributed by atoms with Gasteiger partial charge in [0.05, 0.1) is 12.6 Å².